The smallest absolute Gasteiger partial charge is 0.241 e. The van der Waals surface area contributed by atoms with Crippen LogP contribution in [0.1, 0.15) is 30.9 Å². The van der Waals surface area contributed by atoms with Gasteiger partial charge in [0.25, 0.3) is 0 Å². The lowest BCUT2D eigenvalue weighted by atomic mass is 9.98. The number of methoxy groups -OCH3 is 1. The number of amides is 1. The number of fused-ring (bicyclic) bond motifs is 1. The van der Waals surface area contributed by atoms with Gasteiger partial charge >= 0.3 is 0 Å². The Morgan fingerprint density at radius 1 is 1.06 bits per heavy atom. The molecule has 0 spiro atoms. The lowest BCUT2D eigenvalue weighted by molar-refractivity contribution is -0.120. The highest BCUT2D eigenvalue weighted by Crippen LogP contribution is 2.40. The van der Waals surface area contributed by atoms with Crippen LogP contribution in [0.3, 0.4) is 0 Å². The van der Waals surface area contributed by atoms with Gasteiger partial charge in [0, 0.05) is 55.4 Å². The van der Waals surface area contributed by atoms with Crippen LogP contribution in [0.25, 0.3) is 0 Å². The molecule has 1 amide bonds. The number of rotatable bonds is 6. The normalized spacial score (nSPS) is 21.9. The fourth-order valence-corrected chi connectivity index (χ4v) is 5.01. The van der Waals surface area contributed by atoms with Crippen LogP contribution in [0.5, 0.6) is 5.75 Å². The van der Waals surface area contributed by atoms with Crippen LogP contribution in [0.15, 0.2) is 42.5 Å². The SMILES string of the molecule is COc1ccc(Cl)cc1CCN1CCN(CC(=O)N2c3ccccc3[C@H](C)[C@@H]2C)CC1. The molecule has 2 aliphatic heterocycles. The molecular weight excluding hydrogens is 410 g/mol. The van der Waals surface area contributed by atoms with Crippen molar-refractivity contribution in [2.45, 2.75) is 32.2 Å². The van der Waals surface area contributed by atoms with E-state index in [0.717, 1.165) is 61.2 Å². The number of piperazine rings is 1. The summed E-state index contributed by atoms with van der Waals surface area (Å²) in [5.74, 6) is 1.48. The first kappa shape index (κ1) is 22.1. The number of benzene rings is 2. The predicted molar refractivity (Wildman–Crippen MR) is 126 cm³/mol. The summed E-state index contributed by atoms with van der Waals surface area (Å²) in [6.07, 6.45) is 0.905. The third-order valence-corrected chi connectivity index (χ3v) is 7.09. The average molecular weight is 442 g/mol. The van der Waals surface area contributed by atoms with E-state index in [-0.39, 0.29) is 11.9 Å². The van der Waals surface area contributed by atoms with Crippen molar-refractivity contribution < 1.29 is 9.53 Å². The van der Waals surface area contributed by atoms with E-state index < -0.39 is 0 Å². The van der Waals surface area contributed by atoms with Crippen molar-refractivity contribution in [3.63, 3.8) is 0 Å². The van der Waals surface area contributed by atoms with E-state index in [9.17, 15) is 4.79 Å². The summed E-state index contributed by atoms with van der Waals surface area (Å²) < 4.78 is 5.46. The summed E-state index contributed by atoms with van der Waals surface area (Å²) in [4.78, 5) is 19.9. The molecule has 166 valence electrons. The highest BCUT2D eigenvalue weighted by molar-refractivity contribution is 6.30. The van der Waals surface area contributed by atoms with Gasteiger partial charge in [0.1, 0.15) is 5.75 Å². The Morgan fingerprint density at radius 2 is 1.77 bits per heavy atom. The largest absolute Gasteiger partial charge is 0.496 e. The molecular formula is C25H32ClN3O2. The number of halogens is 1. The lowest BCUT2D eigenvalue weighted by Crippen LogP contribution is -2.51. The molecule has 0 N–H and O–H groups in total. The van der Waals surface area contributed by atoms with Gasteiger partial charge in [0.15, 0.2) is 0 Å². The van der Waals surface area contributed by atoms with Crippen molar-refractivity contribution in [3.05, 3.63) is 58.6 Å². The summed E-state index contributed by atoms with van der Waals surface area (Å²) in [5, 5.41) is 0.742. The molecule has 2 aliphatic rings. The van der Waals surface area contributed by atoms with E-state index in [4.69, 9.17) is 16.3 Å². The molecule has 5 nitrogen and oxygen atoms in total. The molecule has 6 heteroatoms. The van der Waals surface area contributed by atoms with Gasteiger partial charge in [-0.1, -0.05) is 36.7 Å². The molecule has 1 fully saturated rings. The fraction of sp³-hybridized carbons (Fsp3) is 0.480. The second-order valence-electron chi connectivity index (χ2n) is 8.68. The molecule has 0 unspecified atom stereocenters. The Kier molecular flexibility index (Phi) is 6.85. The maximum atomic E-state index is 13.2. The zero-order chi connectivity index (χ0) is 22.0. The van der Waals surface area contributed by atoms with Crippen molar-refractivity contribution in [3.8, 4) is 5.75 Å². The zero-order valence-corrected chi connectivity index (χ0v) is 19.4. The van der Waals surface area contributed by atoms with Crippen LogP contribution in [0.4, 0.5) is 5.69 Å². The summed E-state index contributed by atoms with van der Waals surface area (Å²) in [7, 11) is 1.70. The highest BCUT2D eigenvalue weighted by atomic mass is 35.5. The zero-order valence-electron chi connectivity index (χ0n) is 18.7. The van der Waals surface area contributed by atoms with Crippen molar-refractivity contribution in [2.24, 2.45) is 0 Å². The second kappa shape index (κ2) is 9.60. The first-order chi connectivity index (χ1) is 15.0. The Bertz CT molecular complexity index is 927. The van der Waals surface area contributed by atoms with E-state index in [0.29, 0.717) is 12.5 Å². The first-order valence-corrected chi connectivity index (χ1v) is 11.5. The molecule has 0 aromatic heterocycles. The lowest BCUT2D eigenvalue weighted by Gasteiger charge is -2.35. The van der Waals surface area contributed by atoms with Crippen LogP contribution in [-0.2, 0) is 11.2 Å². The average Bonchev–Trinajstić information content (AvgIpc) is 3.04. The van der Waals surface area contributed by atoms with Crippen LogP contribution in [0.2, 0.25) is 5.02 Å². The summed E-state index contributed by atoms with van der Waals surface area (Å²) >= 11 is 6.16. The topological polar surface area (TPSA) is 36.0 Å². The summed E-state index contributed by atoms with van der Waals surface area (Å²) in [5.41, 5.74) is 3.51. The monoisotopic (exact) mass is 441 g/mol. The maximum absolute atomic E-state index is 13.2. The molecule has 2 atom stereocenters. The van der Waals surface area contributed by atoms with E-state index in [2.05, 4.69) is 41.8 Å². The van der Waals surface area contributed by atoms with Crippen LogP contribution >= 0.6 is 11.6 Å². The molecule has 1 saturated heterocycles. The summed E-state index contributed by atoms with van der Waals surface area (Å²) in [6.45, 7) is 9.59. The Balaban J connectivity index is 1.29. The number of nitrogens with zero attached hydrogens (tertiary/aromatic N) is 3. The quantitative estimate of drug-likeness (QED) is 0.677. The van der Waals surface area contributed by atoms with E-state index in [1.807, 2.05) is 29.2 Å². The number of hydrogen-bond acceptors (Lipinski definition) is 4. The molecule has 0 aliphatic carbocycles. The fourth-order valence-electron chi connectivity index (χ4n) is 4.82. The number of ether oxygens (including phenoxy) is 1. The Labute approximate surface area is 190 Å². The minimum Gasteiger partial charge on any atom is -0.496 e. The van der Waals surface area contributed by atoms with Gasteiger partial charge < -0.3 is 14.5 Å². The Morgan fingerprint density at radius 3 is 2.52 bits per heavy atom. The van der Waals surface area contributed by atoms with Gasteiger partial charge in [0.05, 0.1) is 13.7 Å². The number of carbonyl (C=O) groups excluding carboxylic acids is 1. The first-order valence-electron chi connectivity index (χ1n) is 11.2. The number of carbonyl (C=O) groups is 1. The van der Waals surface area contributed by atoms with Gasteiger partial charge in [-0.15, -0.1) is 0 Å². The molecule has 0 saturated carbocycles. The Hall–Kier alpha value is -2.08. The summed E-state index contributed by atoms with van der Waals surface area (Å²) in [6, 6.07) is 14.3. The van der Waals surface area contributed by atoms with Crippen molar-refractivity contribution in [1.82, 2.24) is 9.80 Å². The molecule has 2 aromatic rings. The molecule has 2 heterocycles. The van der Waals surface area contributed by atoms with E-state index in [1.165, 1.54) is 5.56 Å². The van der Waals surface area contributed by atoms with Gasteiger partial charge in [-0.3, -0.25) is 9.69 Å². The molecule has 31 heavy (non-hydrogen) atoms. The van der Waals surface area contributed by atoms with Crippen molar-refractivity contribution in [2.75, 3.05) is 51.3 Å². The third kappa shape index (κ3) is 4.74. The second-order valence-corrected chi connectivity index (χ2v) is 9.11. The third-order valence-electron chi connectivity index (χ3n) is 6.85. The minimum absolute atomic E-state index is 0.207. The number of para-hydroxylation sites is 1. The predicted octanol–water partition coefficient (Wildman–Crippen LogP) is 4.05. The van der Waals surface area contributed by atoms with E-state index in [1.54, 1.807) is 7.11 Å². The van der Waals surface area contributed by atoms with Crippen molar-refractivity contribution in [1.29, 1.82) is 0 Å². The molecule has 0 bridgehead atoms. The van der Waals surface area contributed by atoms with Gasteiger partial charge in [-0.2, -0.15) is 0 Å². The maximum Gasteiger partial charge on any atom is 0.241 e. The molecule has 4 rings (SSSR count). The van der Waals surface area contributed by atoms with Crippen molar-refractivity contribution >= 4 is 23.2 Å². The molecule has 2 aromatic carbocycles. The van der Waals surface area contributed by atoms with Gasteiger partial charge in [-0.25, -0.2) is 0 Å². The highest BCUT2D eigenvalue weighted by Gasteiger charge is 2.36. The van der Waals surface area contributed by atoms with Crippen LogP contribution in [-0.4, -0.2) is 68.1 Å². The molecule has 0 radical (unpaired) electrons. The van der Waals surface area contributed by atoms with Crippen LogP contribution < -0.4 is 9.64 Å². The standard InChI is InChI=1S/C25H32ClN3O2/c1-18-19(2)29(23-7-5-4-6-22(18)23)25(30)17-28-14-12-27(13-15-28)11-10-20-16-21(26)8-9-24(20)31-3/h4-9,16,18-19H,10-15,17H2,1-3H3/t18-,19+/m1/s1. The van der Waals surface area contributed by atoms with Crippen LogP contribution in [0, 0.1) is 0 Å². The van der Waals surface area contributed by atoms with E-state index >= 15 is 0 Å². The number of hydrogen-bond donors (Lipinski definition) is 0. The van der Waals surface area contributed by atoms with Gasteiger partial charge in [-0.05, 0) is 48.7 Å². The van der Waals surface area contributed by atoms with Gasteiger partial charge in [0.2, 0.25) is 5.91 Å². The minimum atomic E-state index is 0.207. The number of anilines is 1.